The summed E-state index contributed by atoms with van der Waals surface area (Å²) in [5.74, 6) is -1.04. The van der Waals surface area contributed by atoms with E-state index in [4.69, 9.17) is 0 Å². The first-order valence-electron chi connectivity index (χ1n) is 7.40. The summed E-state index contributed by atoms with van der Waals surface area (Å²) in [6, 6.07) is 7.92. The molecule has 0 fully saturated rings. The maximum absolute atomic E-state index is 12.6. The van der Waals surface area contributed by atoms with Crippen LogP contribution < -0.4 is 5.56 Å². The third kappa shape index (κ3) is 2.65. The lowest BCUT2D eigenvalue weighted by Gasteiger charge is -2.03. The van der Waals surface area contributed by atoms with E-state index in [9.17, 15) is 14.7 Å². The highest BCUT2D eigenvalue weighted by Gasteiger charge is 2.18. The average molecular weight is 340 g/mol. The van der Waals surface area contributed by atoms with Crippen molar-refractivity contribution in [2.75, 3.05) is 0 Å². The van der Waals surface area contributed by atoms with Crippen molar-refractivity contribution < 1.29 is 9.90 Å². The lowest BCUT2D eigenvalue weighted by atomic mass is 10.1. The van der Waals surface area contributed by atoms with E-state index in [0.29, 0.717) is 21.9 Å². The Labute approximate surface area is 142 Å². The number of aromatic carboxylic acids is 1. The van der Waals surface area contributed by atoms with Crippen molar-refractivity contribution >= 4 is 34.4 Å². The van der Waals surface area contributed by atoms with Gasteiger partial charge in [0.1, 0.15) is 4.88 Å². The van der Waals surface area contributed by atoms with E-state index in [1.165, 1.54) is 4.40 Å². The van der Waals surface area contributed by atoms with Gasteiger partial charge in [0.25, 0.3) is 5.56 Å². The van der Waals surface area contributed by atoms with Crippen molar-refractivity contribution in [3.8, 4) is 0 Å². The van der Waals surface area contributed by atoms with Crippen molar-refractivity contribution in [1.29, 1.82) is 0 Å². The van der Waals surface area contributed by atoms with E-state index >= 15 is 0 Å². The lowest BCUT2D eigenvalue weighted by molar-refractivity contribution is 0.0701. The molecule has 122 valence electrons. The first-order chi connectivity index (χ1) is 11.4. The highest BCUT2D eigenvalue weighted by molar-refractivity contribution is 7.18. The van der Waals surface area contributed by atoms with Crippen LogP contribution in [0.3, 0.4) is 0 Å². The molecule has 1 N–H and O–H groups in total. The molecule has 3 aromatic rings. The zero-order chi connectivity index (χ0) is 17.4. The number of hydrogen-bond donors (Lipinski definition) is 1. The smallest absolute Gasteiger partial charge is 0.347 e. The molecule has 0 aliphatic carbocycles. The van der Waals surface area contributed by atoms with Gasteiger partial charge in [0.2, 0.25) is 0 Å². The summed E-state index contributed by atoms with van der Waals surface area (Å²) in [4.78, 5) is 28.9. The number of carboxylic acids is 1. The van der Waals surface area contributed by atoms with Crippen LogP contribution in [-0.2, 0) is 0 Å². The summed E-state index contributed by atoms with van der Waals surface area (Å²) >= 11 is 1.01. The van der Waals surface area contributed by atoms with Crippen LogP contribution in [0.2, 0.25) is 0 Å². The van der Waals surface area contributed by atoms with Gasteiger partial charge >= 0.3 is 5.97 Å². The van der Waals surface area contributed by atoms with Crippen molar-refractivity contribution in [3.05, 3.63) is 67.6 Å². The monoisotopic (exact) mass is 340 g/mol. The number of hydrogen-bond acceptors (Lipinski definition) is 4. The summed E-state index contributed by atoms with van der Waals surface area (Å²) in [6.45, 7) is 5.34. The maximum Gasteiger partial charge on any atom is 0.347 e. The molecule has 5 nitrogen and oxygen atoms in total. The zero-order valence-electron chi connectivity index (χ0n) is 13.5. The number of nitrogens with zero attached hydrogens (tertiary/aromatic N) is 2. The predicted octanol–water partition coefficient (Wildman–Crippen LogP) is 3.55. The Hall–Kier alpha value is -2.73. The van der Waals surface area contributed by atoms with Gasteiger partial charge in [0, 0.05) is 5.56 Å². The number of rotatable bonds is 3. The Morgan fingerprint density at radius 1 is 1.21 bits per heavy atom. The van der Waals surface area contributed by atoms with Gasteiger partial charge in [0.05, 0.1) is 11.4 Å². The van der Waals surface area contributed by atoms with Gasteiger partial charge < -0.3 is 5.11 Å². The van der Waals surface area contributed by atoms with Crippen LogP contribution in [0, 0.1) is 20.8 Å². The van der Waals surface area contributed by atoms with E-state index in [0.717, 1.165) is 22.5 Å². The normalized spacial score (nSPS) is 11.5. The molecule has 0 aliphatic rings. The molecular formula is C18H16N2O3S. The average Bonchev–Trinajstić information content (AvgIpc) is 2.88. The summed E-state index contributed by atoms with van der Waals surface area (Å²) in [5, 5.41) is 9.23. The summed E-state index contributed by atoms with van der Waals surface area (Å²) in [7, 11) is 0. The number of aryl methyl sites for hydroxylation is 2. The summed E-state index contributed by atoms with van der Waals surface area (Å²) in [5.41, 5.74) is 3.41. The van der Waals surface area contributed by atoms with Crippen LogP contribution >= 0.6 is 11.3 Å². The highest BCUT2D eigenvalue weighted by atomic mass is 32.1. The molecule has 0 unspecified atom stereocenters. The minimum atomic E-state index is -1.04. The molecule has 0 atom stereocenters. The molecule has 2 heterocycles. The number of benzene rings is 1. The van der Waals surface area contributed by atoms with E-state index in [-0.39, 0.29) is 10.4 Å². The second kappa shape index (κ2) is 6.05. The molecule has 0 spiro atoms. The third-order valence-corrected chi connectivity index (χ3v) is 5.11. The molecule has 24 heavy (non-hydrogen) atoms. The number of carbonyl (C=O) groups is 1. The highest BCUT2D eigenvalue weighted by Crippen LogP contribution is 2.22. The van der Waals surface area contributed by atoms with Crippen molar-refractivity contribution in [2.45, 2.75) is 20.8 Å². The number of carboxylic acid groups (broad SMARTS) is 1. The van der Waals surface area contributed by atoms with Crippen molar-refractivity contribution in [3.63, 3.8) is 0 Å². The van der Waals surface area contributed by atoms with Gasteiger partial charge in [-0.05, 0) is 38.0 Å². The van der Waals surface area contributed by atoms with Gasteiger partial charge in [-0.1, -0.05) is 41.7 Å². The molecule has 2 aromatic heterocycles. The van der Waals surface area contributed by atoms with Crippen molar-refractivity contribution in [2.24, 2.45) is 0 Å². The fourth-order valence-corrected chi connectivity index (χ4v) is 3.50. The number of thiazole rings is 1. The standard InChI is InChI=1S/C18H16N2O3S/c1-10-6-4-5-7-13(10)8-9-14-11(2)16(21)20-12(3)15(17(22)23)24-18(20)19-14/h4-9H,1-3H3,(H,22,23). The first-order valence-corrected chi connectivity index (χ1v) is 8.21. The van der Waals surface area contributed by atoms with E-state index < -0.39 is 5.97 Å². The van der Waals surface area contributed by atoms with Crippen LogP contribution in [0.25, 0.3) is 17.1 Å². The largest absolute Gasteiger partial charge is 0.477 e. The summed E-state index contributed by atoms with van der Waals surface area (Å²) < 4.78 is 1.37. The second-order valence-electron chi connectivity index (χ2n) is 5.56. The molecule has 3 rings (SSSR count). The number of fused-ring (bicyclic) bond motifs is 1. The van der Waals surface area contributed by atoms with Gasteiger partial charge in [0.15, 0.2) is 4.96 Å². The van der Waals surface area contributed by atoms with Crippen LogP contribution in [-0.4, -0.2) is 20.5 Å². The van der Waals surface area contributed by atoms with E-state index in [2.05, 4.69) is 4.98 Å². The minimum absolute atomic E-state index is 0.138. The Kier molecular flexibility index (Phi) is 4.07. The molecule has 6 heteroatoms. The quantitative estimate of drug-likeness (QED) is 0.791. The van der Waals surface area contributed by atoms with E-state index in [1.54, 1.807) is 19.9 Å². The van der Waals surface area contributed by atoms with E-state index in [1.807, 2.05) is 37.3 Å². The Bertz CT molecular complexity index is 1040. The van der Waals surface area contributed by atoms with Crippen LogP contribution in [0.5, 0.6) is 0 Å². The molecule has 0 saturated heterocycles. The molecule has 0 saturated carbocycles. The SMILES string of the molecule is Cc1ccccc1C=Cc1nc2sc(C(=O)O)c(C)n2c(=O)c1C. The van der Waals surface area contributed by atoms with Crippen molar-refractivity contribution in [1.82, 2.24) is 9.38 Å². The lowest BCUT2D eigenvalue weighted by Crippen LogP contribution is -2.19. The first kappa shape index (κ1) is 16.1. The Morgan fingerprint density at radius 2 is 1.92 bits per heavy atom. The molecule has 1 aromatic carbocycles. The van der Waals surface area contributed by atoms with Gasteiger partial charge in [-0.25, -0.2) is 9.78 Å². The molecule has 0 radical (unpaired) electrons. The minimum Gasteiger partial charge on any atom is -0.477 e. The number of aromatic nitrogens is 2. The molecule has 0 aliphatic heterocycles. The Balaban J connectivity index is 2.16. The van der Waals surface area contributed by atoms with Gasteiger partial charge in [-0.3, -0.25) is 9.20 Å². The van der Waals surface area contributed by atoms with Gasteiger partial charge in [-0.2, -0.15) is 0 Å². The van der Waals surface area contributed by atoms with Crippen LogP contribution in [0.15, 0.2) is 29.1 Å². The molecule has 0 amide bonds. The fourth-order valence-electron chi connectivity index (χ4n) is 2.54. The summed E-state index contributed by atoms with van der Waals surface area (Å²) in [6.07, 6.45) is 3.72. The predicted molar refractivity (Wildman–Crippen MR) is 95.9 cm³/mol. The fraction of sp³-hybridized carbons (Fsp3) is 0.167. The second-order valence-corrected chi connectivity index (χ2v) is 6.53. The topological polar surface area (TPSA) is 71.7 Å². The van der Waals surface area contributed by atoms with Gasteiger partial charge in [-0.15, -0.1) is 0 Å². The Morgan fingerprint density at radius 3 is 2.58 bits per heavy atom. The zero-order valence-corrected chi connectivity index (χ0v) is 14.3. The van der Waals surface area contributed by atoms with Crippen LogP contribution in [0.1, 0.15) is 37.7 Å². The molecular weight excluding hydrogens is 324 g/mol. The maximum atomic E-state index is 12.6. The third-order valence-electron chi connectivity index (χ3n) is 3.98. The van der Waals surface area contributed by atoms with Crippen LogP contribution in [0.4, 0.5) is 0 Å². The molecule has 0 bridgehead atoms.